The molecule has 0 aromatic heterocycles. The smallest absolute Gasteiger partial charge is 0.242 e. The number of hydrogen-bond donors (Lipinski definition) is 1. The van der Waals surface area contributed by atoms with Crippen LogP contribution in [-0.2, 0) is 14.6 Å². The molecule has 2 atom stereocenters. The summed E-state index contributed by atoms with van der Waals surface area (Å²) in [6, 6.07) is 16.7. The number of rotatable bonds is 4. The van der Waals surface area contributed by atoms with Crippen LogP contribution in [0, 0.1) is 0 Å². The summed E-state index contributed by atoms with van der Waals surface area (Å²) in [6.45, 7) is 1.28. The molecule has 0 radical (unpaired) electrons. The topological polar surface area (TPSA) is 75.7 Å². The van der Waals surface area contributed by atoms with Crippen molar-refractivity contribution in [2.45, 2.75) is 18.5 Å². The molecule has 1 saturated heterocycles. The first-order valence-corrected chi connectivity index (χ1v) is 11.4. The van der Waals surface area contributed by atoms with Gasteiger partial charge in [0.25, 0.3) is 0 Å². The fraction of sp³-hybridized carbons (Fsp3) is 0.381. The van der Waals surface area contributed by atoms with Gasteiger partial charge >= 0.3 is 0 Å². The van der Waals surface area contributed by atoms with Gasteiger partial charge in [-0.05, 0) is 11.6 Å². The third-order valence-corrected chi connectivity index (χ3v) is 6.99. The summed E-state index contributed by atoms with van der Waals surface area (Å²) in [5.74, 6) is 0.875. The summed E-state index contributed by atoms with van der Waals surface area (Å²) < 4.78 is 29.4. The number of fused-ring (bicyclic) bond motifs is 1. The lowest BCUT2D eigenvalue weighted by molar-refractivity contribution is -0.127. The highest BCUT2D eigenvalue weighted by atomic mass is 32.2. The Bertz CT molecular complexity index is 932. The van der Waals surface area contributed by atoms with Crippen molar-refractivity contribution in [3.63, 3.8) is 0 Å². The van der Waals surface area contributed by atoms with Crippen LogP contribution in [0.25, 0.3) is 0 Å². The zero-order valence-electron chi connectivity index (χ0n) is 15.6. The molecule has 0 bridgehead atoms. The number of benzene rings is 2. The van der Waals surface area contributed by atoms with E-state index in [1.165, 1.54) is 0 Å². The summed E-state index contributed by atoms with van der Waals surface area (Å²) >= 11 is 0. The Morgan fingerprint density at radius 1 is 1.04 bits per heavy atom. The lowest BCUT2D eigenvalue weighted by atomic mass is 9.98. The van der Waals surface area contributed by atoms with E-state index in [1.807, 2.05) is 59.5 Å². The average molecular weight is 401 g/mol. The molecule has 2 aliphatic heterocycles. The predicted molar refractivity (Wildman–Crippen MR) is 107 cm³/mol. The molecule has 2 unspecified atom stereocenters. The Morgan fingerprint density at radius 2 is 1.71 bits per heavy atom. The SMILES string of the molecule is O=C(NC1CCOc2ccccc21)C(c1ccccc1)N1CCS(=O)(=O)CC1. The number of carbonyl (C=O) groups excluding carboxylic acids is 1. The van der Waals surface area contributed by atoms with E-state index in [-0.39, 0.29) is 23.5 Å². The quantitative estimate of drug-likeness (QED) is 0.851. The Balaban J connectivity index is 1.58. The number of nitrogens with one attached hydrogen (secondary N) is 1. The molecule has 2 aliphatic rings. The van der Waals surface area contributed by atoms with E-state index in [0.717, 1.165) is 16.9 Å². The molecule has 2 aromatic carbocycles. The second kappa shape index (κ2) is 7.93. The highest BCUT2D eigenvalue weighted by Crippen LogP contribution is 2.33. The van der Waals surface area contributed by atoms with Gasteiger partial charge < -0.3 is 10.1 Å². The van der Waals surface area contributed by atoms with Crippen LogP contribution < -0.4 is 10.1 Å². The first-order chi connectivity index (χ1) is 13.5. The Morgan fingerprint density at radius 3 is 2.46 bits per heavy atom. The van der Waals surface area contributed by atoms with E-state index in [1.54, 1.807) is 0 Å². The minimum absolute atomic E-state index is 0.0870. The van der Waals surface area contributed by atoms with E-state index in [4.69, 9.17) is 4.74 Å². The van der Waals surface area contributed by atoms with Crippen molar-refractivity contribution in [1.82, 2.24) is 10.2 Å². The van der Waals surface area contributed by atoms with Crippen LogP contribution >= 0.6 is 0 Å². The molecule has 0 spiro atoms. The number of nitrogens with zero attached hydrogens (tertiary/aromatic N) is 1. The normalized spacial score (nSPS) is 22.5. The van der Waals surface area contributed by atoms with Crippen LogP contribution in [-0.4, -0.2) is 50.4 Å². The van der Waals surface area contributed by atoms with Crippen molar-refractivity contribution in [3.8, 4) is 5.75 Å². The highest BCUT2D eigenvalue weighted by molar-refractivity contribution is 7.91. The summed E-state index contributed by atoms with van der Waals surface area (Å²) in [5, 5.41) is 3.18. The molecule has 1 amide bonds. The van der Waals surface area contributed by atoms with Gasteiger partial charge in [-0.3, -0.25) is 9.69 Å². The van der Waals surface area contributed by atoms with Crippen LogP contribution in [0.4, 0.5) is 0 Å². The van der Waals surface area contributed by atoms with Crippen molar-refractivity contribution in [3.05, 3.63) is 65.7 Å². The van der Waals surface area contributed by atoms with Crippen LogP contribution in [0.2, 0.25) is 0 Å². The molecule has 0 aliphatic carbocycles. The van der Waals surface area contributed by atoms with Crippen molar-refractivity contribution >= 4 is 15.7 Å². The third-order valence-electron chi connectivity index (χ3n) is 5.38. The first-order valence-electron chi connectivity index (χ1n) is 9.55. The van der Waals surface area contributed by atoms with E-state index < -0.39 is 15.9 Å². The maximum atomic E-state index is 13.3. The summed E-state index contributed by atoms with van der Waals surface area (Å²) in [4.78, 5) is 15.3. The monoisotopic (exact) mass is 400 g/mol. The molecule has 4 rings (SSSR count). The van der Waals surface area contributed by atoms with Gasteiger partial charge in [-0.2, -0.15) is 0 Å². The molecule has 1 N–H and O–H groups in total. The third kappa shape index (κ3) is 4.05. The molecule has 2 heterocycles. The molecular formula is C21H24N2O4S. The van der Waals surface area contributed by atoms with Crippen LogP contribution in [0.15, 0.2) is 54.6 Å². The van der Waals surface area contributed by atoms with Gasteiger partial charge in [0.15, 0.2) is 9.84 Å². The molecule has 28 heavy (non-hydrogen) atoms. The maximum absolute atomic E-state index is 13.3. The minimum atomic E-state index is -3.01. The van der Waals surface area contributed by atoms with E-state index in [0.29, 0.717) is 26.1 Å². The van der Waals surface area contributed by atoms with E-state index in [2.05, 4.69) is 5.32 Å². The molecule has 6 nitrogen and oxygen atoms in total. The van der Waals surface area contributed by atoms with Gasteiger partial charge in [0.05, 0.1) is 24.2 Å². The number of para-hydroxylation sites is 1. The molecule has 0 saturated carbocycles. The number of amides is 1. The maximum Gasteiger partial charge on any atom is 0.242 e. The molecule has 148 valence electrons. The number of hydrogen-bond acceptors (Lipinski definition) is 5. The lowest BCUT2D eigenvalue weighted by Crippen LogP contribution is -2.48. The first kappa shape index (κ1) is 19.0. The average Bonchev–Trinajstić information content (AvgIpc) is 2.71. The lowest BCUT2D eigenvalue weighted by Gasteiger charge is -2.35. The van der Waals surface area contributed by atoms with E-state index >= 15 is 0 Å². The largest absolute Gasteiger partial charge is 0.493 e. The molecule has 2 aromatic rings. The van der Waals surface area contributed by atoms with E-state index in [9.17, 15) is 13.2 Å². The Hall–Kier alpha value is -2.38. The summed E-state index contributed by atoms with van der Waals surface area (Å²) in [5.41, 5.74) is 1.86. The summed E-state index contributed by atoms with van der Waals surface area (Å²) in [7, 11) is -3.01. The number of ether oxygens (including phenoxy) is 1. The second-order valence-electron chi connectivity index (χ2n) is 7.24. The number of sulfone groups is 1. The highest BCUT2D eigenvalue weighted by Gasteiger charge is 2.34. The van der Waals surface area contributed by atoms with Gasteiger partial charge in [0, 0.05) is 25.1 Å². The van der Waals surface area contributed by atoms with Gasteiger partial charge in [0.1, 0.15) is 11.8 Å². The molecule has 1 fully saturated rings. The van der Waals surface area contributed by atoms with Crippen LogP contribution in [0.3, 0.4) is 0 Å². The van der Waals surface area contributed by atoms with Crippen molar-refractivity contribution in [2.75, 3.05) is 31.2 Å². The van der Waals surface area contributed by atoms with Crippen molar-refractivity contribution in [2.24, 2.45) is 0 Å². The van der Waals surface area contributed by atoms with Crippen LogP contribution in [0.5, 0.6) is 5.75 Å². The number of carbonyl (C=O) groups is 1. The minimum Gasteiger partial charge on any atom is -0.493 e. The van der Waals surface area contributed by atoms with Crippen molar-refractivity contribution < 1.29 is 17.9 Å². The fourth-order valence-corrected chi connectivity index (χ4v) is 5.12. The molecule has 7 heteroatoms. The standard InChI is InChI=1S/C21H24N2O4S/c24-21(22-18-10-13-27-19-9-5-4-8-17(18)19)20(16-6-2-1-3-7-16)23-11-14-28(25,26)15-12-23/h1-9,18,20H,10-15H2,(H,22,24). The Kier molecular flexibility index (Phi) is 5.37. The van der Waals surface area contributed by atoms with Crippen molar-refractivity contribution in [1.29, 1.82) is 0 Å². The zero-order valence-corrected chi connectivity index (χ0v) is 16.4. The van der Waals surface area contributed by atoms with Gasteiger partial charge in [0.2, 0.25) is 5.91 Å². The van der Waals surface area contributed by atoms with Crippen LogP contribution in [0.1, 0.15) is 29.6 Å². The van der Waals surface area contributed by atoms with Gasteiger partial charge in [-0.25, -0.2) is 8.42 Å². The second-order valence-corrected chi connectivity index (χ2v) is 9.54. The zero-order chi connectivity index (χ0) is 19.6. The Labute approximate surface area is 165 Å². The predicted octanol–water partition coefficient (Wildman–Crippen LogP) is 2.10. The van der Waals surface area contributed by atoms with Gasteiger partial charge in [-0.1, -0.05) is 48.5 Å². The van der Waals surface area contributed by atoms with Gasteiger partial charge in [-0.15, -0.1) is 0 Å². The molecular weight excluding hydrogens is 376 g/mol. The summed E-state index contributed by atoms with van der Waals surface area (Å²) in [6.07, 6.45) is 0.707. The fourth-order valence-electron chi connectivity index (χ4n) is 3.89.